The van der Waals surface area contributed by atoms with Crippen LogP contribution in [0.15, 0.2) is 24.3 Å². The van der Waals surface area contributed by atoms with Crippen molar-refractivity contribution in [3.63, 3.8) is 0 Å². The molecule has 0 aliphatic rings. The topological polar surface area (TPSA) is 55.4 Å². The van der Waals surface area contributed by atoms with Crippen LogP contribution in [0.2, 0.25) is 0 Å². The van der Waals surface area contributed by atoms with Crippen molar-refractivity contribution < 1.29 is 14.3 Å². The van der Waals surface area contributed by atoms with Gasteiger partial charge in [-0.2, -0.15) is 0 Å². The molecule has 0 bridgehead atoms. The zero-order chi connectivity index (χ0) is 21.2. The number of amides is 1. The molecule has 0 atom stereocenters. The highest BCUT2D eigenvalue weighted by molar-refractivity contribution is 5.95. The number of ether oxygens (including phenoxy) is 1. The van der Waals surface area contributed by atoms with Crippen LogP contribution in [-0.4, -0.2) is 25.0 Å². The van der Waals surface area contributed by atoms with E-state index in [1.165, 1.54) is 69.8 Å². The molecule has 0 saturated heterocycles. The van der Waals surface area contributed by atoms with Crippen LogP contribution >= 0.6 is 0 Å². The number of rotatable bonds is 17. The third-order valence-corrected chi connectivity index (χ3v) is 5.28. The monoisotopic (exact) mass is 403 g/mol. The number of nitrogens with one attached hydrogen (secondary N) is 1. The van der Waals surface area contributed by atoms with Crippen molar-refractivity contribution in [1.29, 1.82) is 0 Å². The second-order valence-electron chi connectivity index (χ2n) is 7.84. The van der Waals surface area contributed by atoms with Crippen LogP contribution in [0.1, 0.15) is 107 Å². The van der Waals surface area contributed by atoms with Gasteiger partial charge in [-0.15, -0.1) is 0 Å². The van der Waals surface area contributed by atoms with Gasteiger partial charge in [0.25, 0.3) is 5.91 Å². The Labute approximate surface area is 177 Å². The minimum absolute atomic E-state index is 0.0768. The lowest BCUT2D eigenvalue weighted by Crippen LogP contribution is -2.30. The van der Waals surface area contributed by atoms with Crippen LogP contribution in [-0.2, 0) is 16.0 Å². The molecule has 1 rings (SSSR count). The Bertz CT molecular complexity index is 554. The van der Waals surface area contributed by atoms with E-state index in [0.29, 0.717) is 12.2 Å². The smallest absolute Gasteiger partial charge is 0.325 e. The van der Waals surface area contributed by atoms with E-state index in [4.69, 9.17) is 4.74 Å². The molecule has 4 nitrogen and oxygen atoms in total. The van der Waals surface area contributed by atoms with E-state index in [0.717, 1.165) is 19.3 Å². The zero-order valence-corrected chi connectivity index (χ0v) is 18.6. The molecular weight excluding hydrogens is 362 g/mol. The highest BCUT2D eigenvalue weighted by atomic mass is 16.5. The number of carbonyl (C=O) groups is 2. The Morgan fingerprint density at radius 3 is 1.79 bits per heavy atom. The quantitative estimate of drug-likeness (QED) is 0.248. The summed E-state index contributed by atoms with van der Waals surface area (Å²) < 4.78 is 5.20. The Kier molecular flexibility index (Phi) is 14.8. The molecule has 164 valence electrons. The van der Waals surface area contributed by atoms with Gasteiger partial charge >= 0.3 is 5.97 Å². The molecule has 1 amide bonds. The summed E-state index contributed by atoms with van der Waals surface area (Å²) in [6.07, 6.45) is 16.3. The van der Waals surface area contributed by atoms with Crippen molar-refractivity contribution in [1.82, 2.24) is 5.32 Å². The van der Waals surface area contributed by atoms with Gasteiger partial charge in [0.1, 0.15) is 6.54 Å². The zero-order valence-electron chi connectivity index (χ0n) is 18.6. The molecule has 29 heavy (non-hydrogen) atoms. The summed E-state index contributed by atoms with van der Waals surface area (Å²) in [7, 11) is 0. The maximum atomic E-state index is 12.0. The summed E-state index contributed by atoms with van der Waals surface area (Å²) in [4.78, 5) is 23.8. The summed E-state index contributed by atoms with van der Waals surface area (Å²) >= 11 is 0. The summed E-state index contributed by atoms with van der Waals surface area (Å²) in [6.45, 7) is 4.69. The highest BCUT2D eigenvalue weighted by Gasteiger charge is 2.08. The Morgan fingerprint density at radius 2 is 1.28 bits per heavy atom. The van der Waals surface area contributed by atoms with E-state index in [-0.39, 0.29) is 18.4 Å². The maximum absolute atomic E-state index is 12.0. The first-order valence-corrected chi connectivity index (χ1v) is 11.7. The summed E-state index contributed by atoms with van der Waals surface area (Å²) in [6, 6.07) is 7.43. The number of carbonyl (C=O) groups excluding carboxylic acids is 2. The van der Waals surface area contributed by atoms with E-state index in [1.807, 2.05) is 12.1 Å². The Balaban J connectivity index is 1.93. The van der Waals surface area contributed by atoms with Gasteiger partial charge in [0.15, 0.2) is 0 Å². The number of benzene rings is 1. The molecule has 4 heteroatoms. The van der Waals surface area contributed by atoms with E-state index < -0.39 is 0 Å². The van der Waals surface area contributed by atoms with Gasteiger partial charge in [-0.25, -0.2) is 0 Å². The van der Waals surface area contributed by atoms with E-state index in [2.05, 4.69) is 19.2 Å². The molecule has 0 radical (unpaired) electrons. The number of aryl methyl sites for hydroxylation is 1. The van der Waals surface area contributed by atoms with Crippen LogP contribution < -0.4 is 5.32 Å². The molecule has 0 saturated carbocycles. The van der Waals surface area contributed by atoms with Gasteiger partial charge in [-0.05, 0) is 30.5 Å². The molecule has 1 aromatic carbocycles. The van der Waals surface area contributed by atoms with Crippen LogP contribution in [0.3, 0.4) is 0 Å². The molecule has 1 aromatic rings. The van der Waals surface area contributed by atoms with Gasteiger partial charge in [-0.1, -0.05) is 96.6 Å². The molecule has 0 aliphatic heterocycles. The van der Waals surface area contributed by atoms with Crippen LogP contribution in [0, 0.1) is 0 Å². The molecular formula is C25H41NO3. The fourth-order valence-electron chi connectivity index (χ4n) is 3.33. The van der Waals surface area contributed by atoms with Gasteiger partial charge in [-0.3, -0.25) is 9.59 Å². The fraction of sp³-hybridized carbons (Fsp3) is 0.680. The van der Waals surface area contributed by atoms with Crippen molar-refractivity contribution in [2.45, 2.75) is 97.3 Å². The SMILES string of the molecule is CCCCCCCCCCCCCCOC(=O)CNC(=O)c1ccc(CC)cc1. The molecule has 1 N–H and O–H groups in total. The fourth-order valence-corrected chi connectivity index (χ4v) is 3.33. The minimum Gasteiger partial charge on any atom is -0.464 e. The van der Waals surface area contributed by atoms with E-state index >= 15 is 0 Å². The summed E-state index contributed by atoms with van der Waals surface area (Å²) in [5, 5.41) is 2.62. The van der Waals surface area contributed by atoms with Gasteiger partial charge in [0.2, 0.25) is 0 Å². The summed E-state index contributed by atoms with van der Waals surface area (Å²) in [5.74, 6) is -0.610. The highest BCUT2D eigenvalue weighted by Crippen LogP contribution is 2.12. The molecule has 0 fully saturated rings. The number of hydrogen-bond donors (Lipinski definition) is 1. The predicted molar refractivity (Wildman–Crippen MR) is 120 cm³/mol. The third-order valence-electron chi connectivity index (χ3n) is 5.28. The van der Waals surface area contributed by atoms with Crippen LogP contribution in [0.25, 0.3) is 0 Å². The van der Waals surface area contributed by atoms with Crippen LogP contribution in [0.5, 0.6) is 0 Å². The molecule has 0 aromatic heterocycles. The number of unbranched alkanes of at least 4 members (excludes halogenated alkanes) is 11. The van der Waals surface area contributed by atoms with E-state index in [1.54, 1.807) is 12.1 Å². The molecule has 0 heterocycles. The standard InChI is InChI=1S/C25H41NO3/c1-3-5-6-7-8-9-10-11-12-13-14-15-20-29-24(27)21-26-25(28)23-18-16-22(4-2)17-19-23/h16-19H,3-15,20-21H2,1-2H3,(H,26,28). The Morgan fingerprint density at radius 1 is 0.759 bits per heavy atom. The minimum atomic E-state index is -0.369. The molecule has 0 spiro atoms. The third kappa shape index (κ3) is 13.1. The van der Waals surface area contributed by atoms with Gasteiger partial charge < -0.3 is 10.1 Å². The van der Waals surface area contributed by atoms with Crippen molar-refractivity contribution in [2.75, 3.05) is 13.2 Å². The average Bonchev–Trinajstić information content (AvgIpc) is 2.75. The number of hydrogen-bond acceptors (Lipinski definition) is 3. The van der Waals surface area contributed by atoms with Crippen LogP contribution in [0.4, 0.5) is 0 Å². The first kappa shape index (κ1) is 25.2. The lowest BCUT2D eigenvalue weighted by atomic mass is 10.1. The first-order chi connectivity index (χ1) is 14.2. The molecule has 0 aliphatic carbocycles. The van der Waals surface area contributed by atoms with Crippen molar-refractivity contribution in [3.8, 4) is 0 Å². The second-order valence-corrected chi connectivity index (χ2v) is 7.84. The number of esters is 1. The van der Waals surface area contributed by atoms with Gasteiger partial charge in [0, 0.05) is 5.56 Å². The first-order valence-electron chi connectivity index (χ1n) is 11.7. The van der Waals surface area contributed by atoms with Crippen molar-refractivity contribution >= 4 is 11.9 Å². The maximum Gasteiger partial charge on any atom is 0.325 e. The van der Waals surface area contributed by atoms with Crippen molar-refractivity contribution in [3.05, 3.63) is 35.4 Å². The average molecular weight is 404 g/mol. The summed E-state index contributed by atoms with van der Waals surface area (Å²) in [5.41, 5.74) is 1.75. The predicted octanol–water partition coefficient (Wildman–Crippen LogP) is 6.22. The lowest BCUT2D eigenvalue weighted by Gasteiger charge is -2.07. The molecule has 0 unspecified atom stereocenters. The Hall–Kier alpha value is -1.84. The second kappa shape index (κ2) is 17.1. The largest absolute Gasteiger partial charge is 0.464 e. The lowest BCUT2D eigenvalue weighted by molar-refractivity contribution is -0.142. The van der Waals surface area contributed by atoms with E-state index in [9.17, 15) is 9.59 Å². The van der Waals surface area contributed by atoms with Gasteiger partial charge in [0.05, 0.1) is 6.61 Å². The van der Waals surface area contributed by atoms with Crippen molar-refractivity contribution in [2.24, 2.45) is 0 Å². The normalized spacial score (nSPS) is 10.7.